The average Bonchev–Trinajstić information content (AvgIpc) is 2.93. The number of fused-ring (bicyclic) bond motifs is 1. The molecule has 21 heavy (non-hydrogen) atoms. The Morgan fingerprint density at radius 2 is 1.95 bits per heavy atom. The highest BCUT2D eigenvalue weighted by atomic mass is 14.9. The third kappa shape index (κ3) is 3.16. The first-order chi connectivity index (χ1) is 10.1. The molecule has 1 saturated carbocycles. The van der Waals surface area contributed by atoms with Crippen LogP contribution >= 0.6 is 0 Å². The van der Waals surface area contributed by atoms with Crippen LogP contribution in [0.3, 0.4) is 0 Å². The van der Waals surface area contributed by atoms with Crippen molar-refractivity contribution in [1.29, 1.82) is 0 Å². The molecule has 2 aromatic rings. The first kappa shape index (κ1) is 14.6. The molecular weight excluding hydrogens is 256 g/mol. The summed E-state index contributed by atoms with van der Waals surface area (Å²) in [5.74, 6) is 0.786. The van der Waals surface area contributed by atoms with E-state index in [0.717, 1.165) is 12.5 Å². The second-order valence-corrected chi connectivity index (χ2v) is 7.60. The first-order valence-electron chi connectivity index (χ1n) is 8.34. The summed E-state index contributed by atoms with van der Waals surface area (Å²) in [5, 5.41) is 5.17. The predicted octanol–water partition coefficient (Wildman–Crippen LogP) is 4.86. The van der Waals surface area contributed by atoms with E-state index >= 15 is 0 Å². The largest absolute Gasteiger partial charge is 0.361 e. The van der Waals surface area contributed by atoms with Gasteiger partial charge in [0.1, 0.15) is 0 Å². The molecule has 2 unspecified atom stereocenters. The zero-order valence-electron chi connectivity index (χ0n) is 13.6. The molecule has 1 fully saturated rings. The van der Waals surface area contributed by atoms with Crippen LogP contribution in [-0.2, 0) is 6.54 Å². The van der Waals surface area contributed by atoms with Crippen molar-refractivity contribution in [1.82, 2.24) is 10.3 Å². The lowest BCUT2D eigenvalue weighted by Gasteiger charge is -2.41. The van der Waals surface area contributed by atoms with E-state index in [2.05, 4.69) is 55.3 Å². The van der Waals surface area contributed by atoms with Crippen molar-refractivity contribution in [2.24, 2.45) is 11.3 Å². The minimum atomic E-state index is 0.399. The Kier molecular flexibility index (Phi) is 4.08. The molecule has 2 N–H and O–H groups in total. The van der Waals surface area contributed by atoms with E-state index in [1.54, 1.807) is 0 Å². The van der Waals surface area contributed by atoms with Crippen molar-refractivity contribution in [3.63, 3.8) is 0 Å². The van der Waals surface area contributed by atoms with Crippen LogP contribution in [0.5, 0.6) is 0 Å². The highest BCUT2D eigenvalue weighted by Crippen LogP contribution is 2.38. The van der Waals surface area contributed by atoms with Crippen LogP contribution < -0.4 is 5.32 Å². The van der Waals surface area contributed by atoms with Crippen LogP contribution in [0.2, 0.25) is 0 Å². The van der Waals surface area contributed by atoms with Gasteiger partial charge in [-0.25, -0.2) is 0 Å². The van der Waals surface area contributed by atoms with Crippen LogP contribution in [0.1, 0.15) is 52.0 Å². The molecule has 1 heterocycles. The van der Waals surface area contributed by atoms with Gasteiger partial charge in [-0.1, -0.05) is 51.8 Å². The Labute approximate surface area is 128 Å². The summed E-state index contributed by atoms with van der Waals surface area (Å²) in [4.78, 5) is 3.38. The molecule has 1 aromatic heterocycles. The molecule has 0 radical (unpaired) electrons. The second kappa shape index (κ2) is 5.84. The van der Waals surface area contributed by atoms with Crippen molar-refractivity contribution < 1.29 is 0 Å². The smallest absolute Gasteiger partial charge is 0.0499 e. The molecule has 3 rings (SSSR count). The summed E-state index contributed by atoms with van der Waals surface area (Å²) in [6.45, 7) is 8.14. The fraction of sp³-hybridized carbons (Fsp3) is 0.579. The fourth-order valence-electron chi connectivity index (χ4n) is 3.95. The Bertz CT molecular complexity index is 591. The third-order valence-corrected chi connectivity index (χ3v) is 5.11. The number of benzene rings is 1. The Morgan fingerprint density at radius 1 is 1.14 bits per heavy atom. The fourth-order valence-corrected chi connectivity index (χ4v) is 3.95. The third-order valence-electron chi connectivity index (χ3n) is 5.11. The van der Waals surface area contributed by atoms with Crippen LogP contribution in [0.15, 0.2) is 30.5 Å². The number of para-hydroxylation sites is 1. The molecule has 1 aliphatic carbocycles. The standard InChI is InChI=1S/C19H28N2/c1-19(2,3)16-9-4-5-10-17(16)21-13-15-8-6-7-14-11-12-20-18(14)15/h6-8,11-12,16-17,20-21H,4-5,9-10,13H2,1-3H3. The lowest BCUT2D eigenvalue weighted by atomic mass is 9.69. The van der Waals surface area contributed by atoms with Gasteiger partial charge in [-0.15, -0.1) is 0 Å². The van der Waals surface area contributed by atoms with E-state index in [1.807, 2.05) is 6.20 Å². The number of nitrogens with one attached hydrogen (secondary N) is 2. The van der Waals surface area contributed by atoms with E-state index in [1.165, 1.54) is 42.1 Å². The maximum absolute atomic E-state index is 3.86. The number of rotatable bonds is 3. The van der Waals surface area contributed by atoms with Gasteiger partial charge in [0.25, 0.3) is 0 Å². The maximum Gasteiger partial charge on any atom is 0.0499 e. The van der Waals surface area contributed by atoms with Crippen LogP contribution in [0.4, 0.5) is 0 Å². The summed E-state index contributed by atoms with van der Waals surface area (Å²) in [6.07, 6.45) is 7.49. The molecule has 1 aliphatic rings. The summed E-state index contributed by atoms with van der Waals surface area (Å²) >= 11 is 0. The Hall–Kier alpha value is -1.28. The summed E-state index contributed by atoms with van der Waals surface area (Å²) in [7, 11) is 0. The molecule has 2 atom stereocenters. The number of aromatic amines is 1. The molecule has 0 amide bonds. The topological polar surface area (TPSA) is 27.8 Å². The lowest BCUT2D eigenvalue weighted by molar-refractivity contribution is 0.130. The minimum Gasteiger partial charge on any atom is -0.361 e. The molecule has 2 nitrogen and oxygen atoms in total. The molecular formula is C19H28N2. The van der Waals surface area contributed by atoms with E-state index in [-0.39, 0.29) is 0 Å². The van der Waals surface area contributed by atoms with Gasteiger partial charge in [0.05, 0.1) is 0 Å². The van der Waals surface area contributed by atoms with Crippen LogP contribution in [0.25, 0.3) is 10.9 Å². The van der Waals surface area contributed by atoms with Crippen molar-refractivity contribution in [3.05, 3.63) is 36.0 Å². The quantitative estimate of drug-likeness (QED) is 0.827. The normalized spacial score (nSPS) is 23.6. The summed E-state index contributed by atoms with van der Waals surface area (Å²) < 4.78 is 0. The van der Waals surface area contributed by atoms with Gasteiger partial charge < -0.3 is 10.3 Å². The van der Waals surface area contributed by atoms with Crippen molar-refractivity contribution in [2.75, 3.05) is 0 Å². The molecule has 0 spiro atoms. The van der Waals surface area contributed by atoms with E-state index in [4.69, 9.17) is 0 Å². The van der Waals surface area contributed by atoms with Gasteiger partial charge in [0.2, 0.25) is 0 Å². The van der Waals surface area contributed by atoms with Gasteiger partial charge >= 0.3 is 0 Å². The molecule has 1 aromatic carbocycles. The Morgan fingerprint density at radius 3 is 2.76 bits per heavy atom. The van der Waals surface area contributed by atoms with Gasteiger partial charge in [0.15, 0.2) is 0 Å². The van der Waals surface area contributed by atoms with Crippen LogP contribution in [-0.4, -0.2) is 11.0 Å². The monoisotopic (exact) mass is 284 g/mol. The number of hydrogen-bond donors (Lipinski definition) is 2. The second-order valence-electron chi connectivity index (χ2n) is 7.60. The number of aromatic nitrogens is 1. The SMILES string of the molecule is CC(C)(C)C1CCCCC1NCc1cccc2cc[nH]c12. The number of hydrogen-bond acceptors (Lipinski definition) is 1. The molecule has 0 saturated heterocycles. The highest BCUT2D eigenvalue weighted by molar-refractivity contribution is 5.82. The van der Waals surface area contributed by atoms with Gasteiger partial charge in [-0.2, -0.15) is 0 Å². The molecule has 2 heteroatoms. The predicted molar refractivity (Wildman–Crippen MR) is 90.3 cm³/mol. The molecule has 114 valence electrons. The first-order valence-corrected chi connectivity index (χ1v) is 8.34. The Balaban J connectivity index is 1.72. The highest BCUT2D eigenvalue weighted by Gasteiger charge is 2.33. The zero-order chi connectivity index (χ0) is 14.9. The minimum absolute atomic E-state index is 0.399. The average molecular weight is 284 g/mol. The van der Waals surface area contributed by atoms with E-state index in [0.29, 0.717) is 11.5 Å². The van der Waals surface area contributed by atoms with E-state index < -0.39 is 0 Å². The molecule has 0 aliphatic heterocycles. The van der Waals surface area contributed by atoms with Crippen molar-refractivity contribution in [2.45, 2.75) is 59.0 Å². The van der Waals surface area contributed by atoms with Crippen molar-refractivity contribution in [3.8, 4) is 0 Å². The van der Waals surface area contributed by atoms with Crippen LogP contribution in [0, 0.1) is 11.3 Å². The maximum atomic E-state index is 3.86. The molecule has 0 bridgehead atoms. The van der Waals surface area contributed by atoms with Crippen molar-refractivity contribution >= 4 is 10.9 Å². The van der Waals surface area contributed by atoms with E-state index in [9.17, 15) is 0 Å². The number of H-pyrrole nitrogens is 1. The lowest BCUT2D eigenvalue weighted by Crippen LogP contribution is -2.43. The van der Waals surface area contributed by atoms with Gasteiger partial charge in [0, 0.05) is 24.3 Å². The summed E-state index contributed by atoms with van der Waals surface area (Å²) in [5.41, 5.74) is 3.07. The van der Waals surface area contributed by atoms with Gasteiger partial charge in [-0.05, 0) is 41.2 Å². The summed E-state index contributed by atoms with van der Waals surface area (Å²) in [6, 6.07) is 9.38. The zero-order valence-corrected chi connectivity index (χ0v) is 13.6. The van der Waals surface area contributed by atoms with Gasteiger partial charge in [-0.3, -0.25) is 0 Å².